The molecular formula is C38H47N7O5. The number of carbonyl (C=O) groups excluding carboxylic acids is 3. The van der Waals surface area contributed by atoms with Crippen LogP contribution in [0.25, 0.3) is 33.8 Å². The van der Waals surface area contributed by atoms with E-state index < -0.39 is 23.3 Å². The number of nitrogens with two attached hydrogens (primary N) is 1. The smallest absolute Gasteiger partial charge is 0.410 e. The van der Waals surface area contributed by atoms with Crippen molar-refractivity contribution in [3.63, 3.8) is 0 Å². The van der Waals surface area contributed by atoms with E-state index in [1.807, 2.05) is 102 Å². The number of imidazole rings is 1. The van der Waals surface area contributed by atoms with Crippen LogP contribution in [0.2, 0.25) is 0 Å². The van der Waals surface area contributed by atoms with Crippen molar-refractivity contribution in [1.82, 2.24) is 24.4 Å². The summed E-state index contributed by atoms with van der Waals surface area (Å²) in [5, 5.41) is 2.95. The van der Waals surface area contributed by atoms with Gasteiger partial charge in [0.1, 0.15) is 23.1 Å². The Morgan fingerprint density at radius 2 is 1.28 bits per heavy atom. The van der Waals surface area contributed by atoms with Crippen LogP contribution in [-0.4, -0.2) is 72.9 Å². The lowest BCUT2D eigenvalue weighted by Crippen LogP contribution is -2.45. The van der Waals surface area contributed by atoms with Crippen molar-refractivity contribution in [2.24, 2.45) is 0 Å². The zero-order valence-corrected chi connectivity index (χ0v) is 29.7. The first-order valence-corrected chi connectivity index (χ1v) is 17.2. The average molecular weight is 682 g/mol. The second kappa shape index (κ2) is 13.6. The van der Waals surface area contributed by atoms with Gasteiger partial charge in [0.15, 0.2) is 0 Å². The molecule has 4 heterocycles. The van der Waals surface area contributed by atoms with Gasteiger partial charge in [0.05, 0.1) is 29.3 Å². The van der Waals surface area contributed by atoms with Crippen molar-refractivity contribution < 1.29 is 23.9 Å². The second-order valence-corrected chi connectivity index (χ2v) is 15.0. The van der Waals surface area contributed by atoms with Crippen LogP contribution in [0.3, 0.4) is 0 Å². The molecular weight excluding hydrogens is 634 g/mol. The van der Waals surface area contributed by atoms with Crippen LogP contribution in [0.5, 0.6) is 0 Å². The first-order valence-electron chi connectivity index (χ1n) is 17.2. The van der Waals surface area contributed by atoms with Crippen LogP contribution < -0.4 is 11.2 Å². The molecule has 264 valence electrons. The molecule has 2 unspecified atom stereocenters. The highest BCUT2D eigenvalue weighted by molar-refractivity contribution is 5.97. The number of rotatable bonds is 6. The number of anilines is 1. The van der Waals surface area contributed by atoms with Crippen molar-refractivity contribution >= 4 is 23.8 Å². The number of nitrogens with one attached hydrogen (secondary N) is 2. The fourth-order valence-corrected chi connectivity index (χ4v) is 6.51. The molecule has 6 rings (SSSR count). The third-order valence-corrected chi connectivity index (χ3v) is 8.83. The Morgan fingerprint density at radius 3 is 1.88 bits per heavy atom. The van der Waals surface area contributed by atoms with Gasteiger partial charge in [-0.1, -0.05) is 36.4 Å². The fraction of sp³-hybridized carbons (Fsp3) is 0.421. The quantitative estimate of drug-likeness (QED) is 0.180. The number of carbonyl (C=O) groups is 3. The maximum atomic E-state index is 13.1. The van der Waals surface area contributed by atoms with Gasteiger partial charge in [-0.25, -0.2) is 14.6 Å². The van der Waals surface area contributed by atoms with E-state index in [9.17, 15) is 14.4 Å². The highest BCUT2D eigenvalue weighted by Crippen LogP contribution is 2.34. The number of hydrogen-bond donors (Lipinski definition) is 3. The number of nitrogens with zero attached hydrogens (tertiary/aromatic N) is 4. The Balaban J connectivity index is 1.10. The summed E-state index contributed by atoms with van der Waals surface area (Å²) in [6.45, 7) is 12.2. The molecule has 2 fully saturated rings. The summed E-state index contributed by atoms with van der Waals surface area (Å²) in [5.74, 6) is 7.11. The zero-order chi connectivity index (χ0) is 35.8. The summed E-state index contributed by atoms with van der Waals surface area (Å²) in [4.78, 5) is 49.9. The first kappa shape index (κ1) is 34.6. The summed E-state index contributed by atoms with van der Waals surface area (Å²) >= 11 is 0. The van der Waals surface area contributed by atoms with Crippen LogP contribution in [-0.2, 0) is 14.3 Å². The van der Waals surface area contributed by atoms with Gasteiger partial charge in [-0.3, -0.25) is 19.3 Å². The Kier molecular flexibility index (Phi) is 9.39. The third kappa shape index (κ3) is 7.64. The molecule has 0 saturated carbocycles. The van der Waals surface area contributed by atoms with E-state index in [-0.39, 0.29) is 18.0 Å². The number of likely N-dealkylation sites (tertiary alicyclic amines) is 2. The van der Waals surface area contributed by atoms with Crippen LogP contribution >= 0.6 is 0 Å². The van der Waals surface area contributed by atoms with Crippen molar-refractivity contribution in [3.05, 3.63) is 72.7 Å². The predicted molar refractivity (Wildman–Crippen MR) is 193 cm³/mol. The van der Waals surface area contributed by atoms with E-state index in [2.05, 4.69) is 15.3 Å². The van der Waals surface area contributed by atoms with E-state index in [0.29, 0.717) is 25.2 Å². The summed E-state index contributed by atoms with van der Waals surface area (Å²) in [6.07, 6.45) is 4.07. The highest BCUT2D eigenvalue weighted by Gasteiger charge is 2.37. The summed E-state index contributed by atoms with van der Waals surface area (Å²) in [7, 11) is 0. The molecule has 2 atom stereocenters. The Morgan fingerprint density at radius 1 is 0.760 bits per heavy atom. The number of aromatic nitrogens is 3. The Hall–Kier alpha value is -5.26. The second-order valence-electron chi connectivity index (χ2n) is 15.0. The number of ether oxygens (including phenoxy) is 2. The predicted octanol–water partition coefficient (Wildman–Crippen LogP) is 7.34. The molecule has 2 aliphatic heterocycles. The standard InChI is InChI=1S/C38H47N7O5/c1-37(2,3)49-35(47)43-21-7-9-31(43)33-40-23-28(42-33)24-11-13-25(14-12-24)29-19-20-30(45(29)39)26-15-17-27(18-16-26)41-34(46)32-10-8-22-44(32)36(48)50-38(4,5)6/h11-20,23,31-32H,7-10,21-22,39H2,1-6H3,(H,40,42)(H,41,46). The highest BCUT2D eigenvalue weighted by atomic mass is 16.6. The lowest BCUT2D eigenvalue weighted by atomic mass is 10.1. The Labute approximate surface area is 292 Å². The molecule has 12 heteroatoms. The van der Waals surface area contributed by atoms with Gasteiger partial charge in [-0.15, -0.1) is 0 Å². The minimum absolute atomic E-state index is 0.149. The third-order valence-electron chi connectivity index (χ3n) is 8.83. The largest absolute Gasteiger partial charge is 0.444 e. The number of benzene rings is 2. The van der Waals surface area contributed by atoms with Gasteiger partial charge in [-0.2, -0.15) is 0 Å². The molecule has 4 N–H and O–H groups in total. The molecule has 0 aliphatic carbocycles. The maximum absolute atomic E-state index is 13.1. The Bertz CT molecular complexity index is 1850. The van der Waals surface area contributed by atoms with Gasteiger partial charge in [-0.05, 0) is 97.1 Å². The van der Waals surface area contributed by atoms with Gasteiger partial charge < -0.3 is 25.6 Å². The van der Waals surface area contributed by atoms with Crippen LogP contribution in [0.15, 0.2) is 66.9 Å². The van der Waals surface area contributed by atoms with E-state index >= 15 is 0 Å². The normalized spacial score (nSPS) is 18.0. The molecule has 12 nitrogen and oxygen atoms in total. The molecule has 3 amide bonds. The molecule has 2 aliphatic rings. The van der Waals surface area contributed by atoms with Crippen molar-refractivity contribution in [3.8, 4) is 33.8 Å². The minimum Gasteiger partial charge on any atom is -0.444 e. The molecule has 2 saturated heterocycles. The number of aromatic amines is 1. The first-order chi connectivity index (χ1) is 23.7. The van der Waals surface area contributed by atoms with E-state index in [4.69, 9.17) is 15.3 Å². The number of hydrogen-bond acceptors (Lipinski definition) is 7. The zero-order valence-electron chi connectivity index (χ0n) is 29.7. The number of amides is 3. The van der Waals surface area contributed by atoms with E-state index in [0.717, 1.165) is 58.9 Å². The average Bonchev–Trinajstić information content (AvgIpc) is 3.86. The van der Waals surface area contributed by atoms with Crippen molar-refractivity contribution in [2.45, 2.75) is 90.5 Å². The van der Waals surface area contributed by atoms with Gasteiger partial charge >= 0.3 is 12.2 Å². The summed E-state index contributed by atoms with van der Waals surface area (Å²) in [5.41, 5.74) is 4.78. The van der Waals surface area contributed by atoms with Crippen LogP contribution in [0, 0.1) is 0 Å². The van der Waals surface area contributed by atoms with Crippen LogP contribution in [0.1, 0.15) is 79.1 Å². The molecule has 0 bridgehead atoms. The topological polar surface area (TPSA) is 148 Å². The molecule has 4 aromatic rings. The van der Waals surface area contributed by atoms with Crippen molar-refractivity contribution in [2.75, 3.05) is 24.2 Å². The SMILES string of the molecule is CC(C)(C)OC(=O)N1CCCC1C(=O)Nc1ccc(-c2ccc(-c3ccc(-c4cnc(C5CCCN5C(=O)OC(C)(C)C)[nH]4)cc3)n2N)cc1. The maximum Gasteiger partial charge on any atom is 0.410 e. The van der Waals surface area contributed by atoms with Crippen LogP contribution in [0.4, 0.5) is 15.3 Å². The molecule has 50 heavy (non-hydrogen) atoms. The number of H-pyrrole nitrogens is 1. The van der Waals surface area contributed by atoms with E-state index in [1.54, 1.807) is 15.8 Å². The van der Waals surface area contributed by atoms with Gasteiger partial charge in [0.25, 0.3) is 0 Å². The van der Waals surface area contributed by atoms with Gasteiger partial charge in [0, 0.05) is 29.9 Å². The summed E-state index contributed by atoms with van der Waals surface area (Å²) < 4.78 is 12.8. The monoisotopic (exact) mass is 681 g/mol. The summed E-state index contributed by atoms with van der Waals surface area (Å²) in [6, 6.07) is 18.8. The minimum atomic E-state index is -0.629. The molecule has 0 radical (unpaired) electrons. The number of nitrogen functional groups attached to an aromatic ring is 1. The lowest BCUT2D eigenvalue weighted by Gasteiger charge is -2.28. The van der Waals surface area contributed by atoms with Crippen molar-refractivity contribution in [1.29, 1.82) is 0 Å². The van der Waals surface area contributed by atoms with Gasteiger partial charge in [0.2, 0.25) is 5.91 Å². The lowest BCUT2D eigenvalue weighted by molar-refractivity contribution is -0.120. The molecule has 2 aromatic carbocycles. The molecule has 0 spiro atoms. The fourth-order valence-electron chi connectivity index (χ4n) is 6.51. The molecule has 2 aromatic heterocycles. The van der Waals surface area contributed by atoms with E-state index in [1.165, 1.54) is 4.90 Å².